The maximum atomic E-state index is 11.4. The number of nitrogens with one attached hydrogen (secondary N) is 1. The number of hydrogen-bond donors (Lipinski definition) is 1. The molecule has 0 saturated heterocycles. The van der Waals surface area contributed by atoms with Crippen LogP contribution in [0.15, 0.2) is 36.4 Å². The fourth-order valence-corrected chi connectivity index (χ4v) is 5.13. The molecule has 4 heteroatoms. The van der Waals surface area contributed by atoms with Gasteiger partial charge in [0.05, 0.1) is 5.52 Å². The molecule has 0 unspecified atom stereocenters. The van der Waals surface area contributed by atoms with Crippen molar-refractivity contribution in [2.75, 3.05) is 12.4 Å². The van der Waals surface area contributed by atoms with Crippen molar-refractivity contribution in [3.05, 3.63) is 47.7 Å². The Morgan fingerprint density at radius 3 is 2.67 bits per heavy atom. The van der Waals surface area contributed by atoms with Gasteiger partial charge in [-0.15, -0.1) is 11.6 Å². The first-order valence-corrected chi connectivity index (χ1v) is 10.2. The van der Waals surface area contributed by atoms with Crippen LogP contribution in [-0.4, -0.2) is 22.9 Å². The highest BCUT2D eigenvalue weighted by Crippen LogP contribution is 2.67. The molecule has 0 aliphatic heterocycles. The number of carbonyl (C=O) groups excluding carboxylic acids is 1. The lowest BCUT2D eigenvalue weighted by atomic mass is 9.98. The largest absolute Gasteiger partial charge is 0.355 e. The zero-order valence-electron chi connectivity index (χ0n) is 16.5. The van der Waals surface area contributed by atoms with Crippen molar-refractivity contribution in [1.29, 1.82) is 0 Å². The van der Waals surface area contributed by atoms with E-state index in [2.05, 4.69) is 74.1 Å². The maximum absolute atomic E-state index is 11.4. The Hall–Kier alpha value is -2.00. The molecule has 0 radical (unpaired) electrons. The molecule has 1 heterocycles. The van der Waals surface area contributed by atoms with Gasteiger partial charge in [0.2, 0.25) is 5.91 Å². The predicted molar refractivity (Wildman–Crippen MR) is 114 cm³/mol. The number of halogens is 1. The second kappa shape index (κ2) is 6.56. The predicted octanol–water partition coefficient (Wildman–Crippen LogP) is 5.12. The van der Waals surface area contributed by atoms with Gasteiger partial charge in [0, 0.05) is 30.1 Å². The summed E-state index contributed by atoms with van der Waals surface area (Å²) in [6.45, 7) is 7.64. The number of rotatable bonds is 5. The van der Waals surface area contributed by atoms with Crippen LogP contribution in [0.25, 0.3) is 21.7 Å². The van der Waals surface area contributed by atoms with E-state index in [9.17, 15) is 4.79 Å². The molecule has 2 aromatic carbocycles. The molecule has 142 valence electrons. The minimum Gasteiger partial charge on any atom is -0.355 e. The lowest BCUT2D eigenvalue weighted by Gasteiger charge is -2.04. The fourth-order valence-electron chi connectivity index (χ4n) is 5.04. The summed E-state index contributed by atoms with van der Waals surface area (Å²) in [6.07, 6.45) is 0.990. The molecule has 0 spiro atoms. The van der Waals surface area contributed by atoms with Gasteiger partial charge in [-0.2, -0.15) is 0 Å². The quantitative estimate of drug-likeness (QED) is 0.610. The number of benzene rings is 2. The van der Waals surface area contributed by atoms with Crippen molar-refractivity contribution in [2.24, 2.45) is 18.4 Å². The zero-order valence-corrected chi connectivity index (χ0v) is 17.2. The molecule has 1 amide bonds. The van der Waals surface area contributed by atoms with Crippen LogP contribution in [0.3, 0.4) is 0 Å². The number of aromatic nitrogens is 1. The first-order valence-electron chi connectivity index (χ1n) is 9.67. The Morgan fingerprint density at radius 1 is 1.19 bits per heavy atom. The van der Waals surface area contributed by atoms with Crippen molar-refractivity contribution in [1.82, 2.24) is 9.88 Å². The number of amides is 1. The van der Waals surface area contributed by atoms with Crippen LogP contribution < -0.4 is 5.32 Å². The SMILES string of the molecule is Cc1c([C@@H]2[C@H](CCNC(=O)CCl)C2(C)C)c2ccc3ccccc3c2n1C. The fraction of sp³-hybridized carbons (Fsp3) is 0.435. The van der Waals surface area contributed by atoms with Gasteiger partial charge < -0.3 is 9.88 Å². The Morgan fingerprint density at radius 2 is 1.93 bits per heavy atom. The third-order valence-corrected chi connectivity index (χ3v) is 6.92. The first-order chi connectivity index (χ1) is 12.9. The monoisotopic (exact) mass is 382 g/mol. The molecule has 1 aliphatic rings. The van der Waals surface area contributed by atoms with Crippen LogP contribution in [0.1, 0.15) is 37.4 Å². The van der Waals surface area contributed by atoms with E-state index in [1.807, 2.05) is 0 Å². The first kappa shape index (κ1) is 18.4. The Labute approximate surface area is 165 Å². The lowest BCUT2D eigenvalue weighted by Crippen LogP contribution is -2.25. The number of nitrogens with zero attached hydrogens (tertiary/aromatic N) is 1. The molecule has 1 saturated carbocycles. The molecule has 1 aliphatic carbocycles. The summed E-state index contributed by atoms with van der Waals surface area (Å²) in [4.78, 5) is 11.4. The Kier molecular flexibility index (Phi) is 4.46. The molecule has 1 N–H and O–H groups in total. The van der Waals surface area contributed by atoms with Gasteiger partial charge in [-0.05, 0) is 41.5 Å². The van der Waals surface area contributed by atoms with E-state index in [0.29, 0.717) is 18.4 Å². The van der Waals surface area contributed by atoms with E-state index in [1.54, 1.807) is 0 Å². The Balaban J connectivity index is 1.73. The molecule has 1 fully saturated rings. The van der Waals surface area contributed by atoms with Gasteiger partial charge in [0.1, 0.15) is 5.88 Å². The Bertz CT molecular complexity index is 1030. The third kappa shape index (κ3) is 2.84. The number of carbonyl (C=O) groups is 1. The minimum atomic E-state index is -0.0838. The number of hydrogen-bond acceptors (Lipinski definition) is 1. The van der Waals surface area contributed by atoms with Crippen LogP contribution in [0, 0.1) is 18.3 Å². The van der Waals surface area contributed by atoms with Crippen molar-refractivity contribution in [2.45, 2.75) is 33.1 Å². The van der Waals surface area contributed by atoms with Crippen LogP contribution in [0.5, 0.6) is 0 Å². The molecule has 0 bridgehead atoms. The maximum Gasteiger partial charge on any atom is 0.234 e. The van der Waals surface area contributed by atoms with Gasteiger partial charge in [-0.1, -0.05) is 50.2 Å². The average molecular weight is 383 g/mol. The van der Waals surface area contributed by atoms with E-state index in [4.69, 9.17) is 11.6 Å². The smallest absolute Gasteiger partial charge is 0.234 e. The van der Waals surface area contributed by atoms with E-state index in [1.165, 1.54) is 32.9 Å². The van der Waals surface area contributed by atoms with E-state index >= 15 is 0 Å². The van der Waals surface area contributed by atoms with Crippen LogP contribution in [0.4, 0.5) is 0 Å². The van der Waals surface area contributed by atoms with Gasteiger partial charge >= 0.3 is 0 Å². The summed E-state index contributed by atoms with van der Waals surface area (Å²) >= 11 is 5.59. The van der Waals surface area contributed by atoms with E-state index in [-0.39, 0.29) is 17.2 Å². The molecule has 1 aromatic heterocycles. The molecule has 2 atom stereocenters. The average Bonchev–Trinajstić information content (AvgIpc) is 3.09. The number of aryl methyl sites for hydroxylation is 1. The summed E-state index contributed by atoms with van der Waals surface area (Å²) in [6, 6.07) is 13.2. The van der Waals surface area contributed by atoms with Crippen LogP contribution >= 0.6 is 11.6 Å². The van der Waals surface area contributed by atoms with Crippen molar-refractivity contribution >= 4 is 39.2 Å². The second-order valence-corrected chi connectivity index (χ2v) is 8.69. The third-order valence-electron chi connectivity index (χ3n) is 6.68. The molecular formula is C23H27ClN2O. The summed E-state index contributed by atoms with van der Waals surface area (Å²) in [5.41, 5.74) is 4.41. The second-order valence-electron chi connectivity index (χ2n) is 8.42. The van der Waals surface area contributed by atoms with Crippen molar-refractivity contribution in [3.8, 4) is 0 Å². The van der Waals surface area contributed by atoms with Gasteiger partial charge in [-0.25, -0.2) is 0 Å². The van der Waals surface area contributed by atoms with Gasteiger partial charge in [-0.3, -0.25) is 4.79 Å². The minimum absolute atomic E-state index is 0.0347. The summed E-state index contributed by atoms with van der Waals surface area (Å²) < 4.78 is 2.35. The number of fused-ring (bicyclic) bond motifs is 3. The lowest BCUT2D eigenvalue weighted by molar-refractivity contribution is -0.118. The summed E-state index contributed by atoms with van der Waals surface area (Å²) in [7, 11) is 2.18. The highest BCUT2D eigenvalue weighted by atomic mass is 35.5. The highest BCUT2D eigenvalue weighted by Gasteiger charge is 2.58. The number of alkyl halides is 1. The standard InChI is InChI=1S/C23H27ClN2O/c1-14-20(21-18(23(21,2)3)11-12-25-19(27)13-24)17-10-9-15-7-5-6-8-16(15)22(17)26(14)4/h5-10,18,21H,11-13H2,1-4H3,(H,25,27)/t18-,21-/m0/s1. The zero-order chi connectivity index (χ0) is 19.3. The van der Waals surface area contributed by atoms with E-state index in [0.717, 1.165) is 6.42 Å². The summed E-state index contributed by atoms with van der Waals surface area (Å²) in [5, 5.41) is 6.89. The van der Waals surface area contributed by atoms with Gasteiger partial charge in [0.25, 0.3) is 0 Å². The van der Waals surface area contributed by atoms with Crippen LogP contribution in [-0.2, 0) is 11.8 Å². The van der Waals surface area contributed by atoms with E-state index < -0.39 is 0 Å². The molecule has 3 aromatic rings. The summed E-state index contributed by atoms with van der Waals surface area (Å²) in [5.74, 6) is 1.05. The molecule has 4 rings (SSSR count). The van der Waals surface area contributed by atoms with Crippen LogP contribution in [0.2, 0.25) is 0 Å². The highest BCUT2D eigenvalue weighted by molar-refractivity contribution is 6.27. The normalized spacial score (nSPS) is 20.9. The molecular weight excluding hydrogens is 356 g/mol. The van der Waals surface area contributed by atoms with Crippen molar-refractivity contribution in [3.63, 3.8) is 0 Å². The topological polar surface area (TPSA) is 34.0 Å². The van der Waals surface area contributed by atoms with Gasteiger partial charge in [0.15, 0.2) is 0 Å². The molecule has 3 nitrogen and oxygen atoms in total. The molecule has 27 heavy (non-hydrogen) atoms. The van der Waals surface area contributed by atoms with Crippen molar-refractivity contribution < 1.29 is 4.79 Å².